The quantitative estimate of drug-likeness (QED) is 0.399. The number of nitrogens with one attached hydrogen (secondary N) is 2. The Morgan fingerprint density at radius 3 is 2.86 bits per heavy atom. The SMILES string of the molecule is CCCCNC(=O)c1ccc2c(c1)C1C=CCC1C(c1cc(Cl)cc(Cl)c1O)N2. The first-order valence-corrected chi connectivity index (χ1v) is 10.8. The van der Waals surface area contributed by atoms with Crippen molar-refractivity contribution in [3.8, 4) is 5.75 Å². The van der Waals surface area contributed by atoms with Gasteiger partial charge in [0.15, 0.2) is 0 Å². The first-order valence-electron chi connectivity index (χ1n) is 10.0. The smallest absolute Gasteiger partial charge is 0.251 e. The molecule has 4 rings (SSSR count). The molecule has 29 heavy (non-hydrogen) atoms. The molecule has 6 heteroatoms. The van der Waals surface area contributed by atoms with Crippen LogP contribution in [0.5, 0.6) is 5.75 Å². The predicted molar refractivity (Wildman–Crippen MR) is 118 cm³/mol. The number of aromatic hydroxyl groups is 1. The van der Waals surface area contributed by atoms with Crippen molar-refractivity contribution in [1.29, 1.82) is 0 Å². The van der Waals surface area contributed by atoms with Gasteiger partial charge in [-0.3, -0.25) is 4.79 Å². The number of hydrogen-bond donors (Lipinski definition) is 3. The third-order valence-electron chi connectivity index (χ3n) is 5.83. The van der Waals surface area contributed by atoms with Gasteiger partial charge in [0.2, 0.25) is 0 Å². The molecule has 4 nitrogen and oxygen atoms in total. The van der Waals surface area contributed by atoms with E-state index < -0.39 is 0 Å². The van der Waals surface area contributed by atoms with E-state index in [0.717, 1.165) is 30.5 Å². The summed E-state index contributed by atoms with van der Waals surface area (Å²) in [6, 6.07) is 8.97. The first-order chi connectivity index (χ1) is 14.0. The van der Waals surface area contributed by atoms with Gasteiger partial charge in [0, 0.05) is 34.3 Å². The number of carbonyl (C=O) groups is 1. The summed E-state index contributed by atoms with van der Waals surface area (Å²) < 4.78 is 0. The van der Waals surface area contributed by atoms with Crippen LogP contribution in [0.3, 0.4) is 0 Å². The second-order valence-corrected chi connectivity index (χ2v) is 8.56. The number of phenolic OH excluding ortho intramolecular Hbond substituents is 1. The highest BCUT2D eigenvalue weighted by Gasteiger charge is 2.39. The second-order valence-electron chi connectivity index (χ2n) is 7.71. The maximum Gasteiger partial charge on any atom is 0.251 e. The summed E-state index contributed by atoms with van der Waals surface area (Å²) in [6.45, 7) is 2.79. The Morgan fingerprint density at radius 1 is 1.24 bits per heavy atom. The summed E-state index contributed by atoms with van der Waals surface area (Å²) in [5.74, 6) is 0.397. The van der Waals surface area contributed by atoms with Gasteiger partial charge in [-0.1, -0.05) is 48.7 Å². The van der Waals surface area contributed by atoms with Gasteiger partial charge >= 0.3 is 0 Å². The third-order valence-corrected chi connectivity index (χ3v) is 6.34. The van der Waals surface area contributed by atoms with Crippen LogP contribution in [0.4, 0.5) is 5.69 Å². The Hall–Kier alpha value is -2.17. The van der Waals surface area contributed by atoms with Gasteiger partial charge < -0.3 is 15.7 Å². The summed E-state index contributed by atoms with van der Waals surface area (Å²) in [7, 11) is 0. The molecule has 2 aromatic rings. The summed E-state index contributed by atoms with van der Waals surface area (Å²) in [6.07, 6.45) is 7.25. The molecular weight excluding hydrogens is 407 g/mol. The monoisotopic (exact) mass is 430 g/mol. The van der Waals surface area contributed by atoms with Crippen molar-refractivity contribution in [2.24, 2.45) is 5.92 Å². The molecule has 1 aliphatic heterocycles. The number of benzene rings is 2. The maximum absolute atomic E-state index is 12.5. The highest BCUT2D eigenvalue weighted by Crippen LogP contribution is 2.52. The van der Waals surface area contributed by atoms with Crippen LogP contribution in [0, 0.1) is 5.92 Å². The standard InChI is InChI=1S/C23H24Cl2N2O2/c1-2-3-9-26-23(29)13-7-8-20-17(10-13)15-5-4-6-16(15)21(27-20)18-11-14(24)12-19(25)22(18)28/h4-5,7-8,10-12,15-16,21,27-28H,2-3,6,9H2,1H3,(H,26,29). The van der Waals surface area contributed by atoms with E-state index in [2.05, 4.69) is 29.7 Å². The zero-order chi connectivity index (χ0) is 20.5. The zero-order valence-electron chi connectivity index (χ0n) is 16.2. The minimum Gasteiger partial charge on any atom is -0.506 e. The van der Waals surface area contributed by atoms with Crippen molar-refractivity contribution in [2.45, 2.75) is 38.1 Å². The topological polar surface area (TPSA) is 61.4 Å². The van der Waals surface area contributed by atoms with Crippen LogP contribution in [0.25, 0.3) is 0 Å². The molecule has 0 saturated carbocycles. The van der Waals surface area contributed by atoms with Gasteiger partial charge in [0.05, 0.1) is 11.1 Å². The summed E-state index contributed by atoms with van der Waals surface area (Å²) in [4.78, 5) is 12.5. The number of unbranched alkanes of at least 4 members (excludes halogenated alkanes) is 1. The lowest BCUT2D eigenvalue weighted by atomic mass is 9.76. The highest BCUT2D eigenvalue weighted by atomic mass is 35.5. The van der Waals surface area contributed by atoms with E-state index in [4.69, 9.17) is 23.2 Å². The van der Waals surface area contributed by atoms with Gasteiger partial charge in [-0.2, -0.15) is 0 Å². The Morgan fingerprint density at radius 2 is 2.07 bits per heavy atom. The summed E-state index contributed by atoms with van der Waals surface area (Å²) in [5.41, 5.74) is 3.44. The molecule has 2 aromatic carbocycles. The second kappa shape index (κ2) is 8.29. The molecule has 0 fully saturated rings. The van der Waals surface area contributed by atoms with E-state index in [9.17, 15) is 9.90 Å². The van der Waals surface area contributed by atoms with E-state index in [1.807, 2.05) is 18.2 Å². The van der Waals surface area contributed by atoms with Crippen molar-refractivity contribution in [1.82, 2.24) is 5.32 Å². The molecule has 0 saturated heterocycles. The van der Waals surface area contributed by atoms with Gasteiger partial charge in [-0.05, 0) is 54.7 Å². The average Bonchev–Trinajstić information content (AvgIpc) is 3.20. The Labute approximate surface area is 180 Å². The number of carbonyl (C=O) groups excluding carboxylic acids is 1. The number of fused-ring (bicyclic) bond motifs is 3. The number of allylic oxidation sites excluding steroid dienone is 2. The van der Waals surface area contributed by atoms with Gasteiger partial charge in [0.25, 0.3) is 5.91 Å². The van der Waals surface area contributed by atoms with Gasteiger partial charge in [0.1, 0.15) is 5.75 Å². The Bertz CT molecular complexity index is 974. The highest BCUT2D eigenvalue weighted by molar-refractivity contribution is 6.35. The molecule has 0 spiro atoms. The lowest BCUT2D eigenvalue weighted by Crippen LogP contribution is -2.30. The normalized spacial score (nSPS) is 22.0. The molecule has 1 aliphatic carbocycles. The maximum atomic E-state index is 12.5. The molecule has 152 valence electrons. The number of hydrogen-bond acceptors (Lipinski definition) is 3. The minimum atomic E-state index is -0.122. The summed E-state index contributed by atoms with van der Waals surface area (Å²) in [5, 5.41) is 17.8. The predicted octanol–water partition coefficient (Wildman–Crippen LogP) is 6.06. The number of anilines is 1. The first kappa shape index (κ1) is 20.1. The van der Waals surface area contributed by atoms with Crippen molar-refractivity contribution >= 4 is 34.8 Å². The summed E-state index contributed by atoms with van der Waals surface area (Å²) >= 11 is 12.4. The van der Waals surface area contributed by atoms with Crippen LogP contribution < -0.4 is 10.6 Å². The molecule has 3 N–H and O–H groups in total. The van der Waals surface area contributed by atoms with Crippen LogP contribution in [0.15, 0.2) is 42.5 Å². The van der Waals surface area contributed by atoms with Gasteiger partial charge in [-0.25, -0.2) is 0 Å². The molecule has 1 amide bonds. The molecule has 1 heterocycles. The third kappa shape index (κ3) is 3.84. The Balaban J connectivity index is 1.67. The van der Waals surface area contributed by atoms with Crippen LogP contribution >= 0.6 is 23.2 Å². The molecule has 3 atom stereocenters. The van der Waals surface area contributed by atoms with Crippen LogP contribution in [-0.4, -0.2) is 17.6 Å². The Kier molecular flexibility index (Phi) is 5.75. The minimum absolute atomic E-state index is 0.0406. The largest absolute Gasteiger partial charge is 0.506 e. The lowest BCUT2D eigenvalue weighted by Gasteiger charge is -2.38. The number of halogens is 2. The molecule has 0 radical (unpaired) electrons. The fraction of sp³-hybridized carbons (Fsp3) is 0.348. The molecule has 2 aliphatic rings. The molecule has 0 aromatic heterocycles. The van der Waals surface area contributed by atoms with Gasteiger partial charge in [-0.15, -0.1) is 0 Å². The average molecular weight is 431 g/mol. The molecular formula is C23H24Cl2N2O2. The van der Waals surface area contributed by atoms with Crippen LogP contribution in [-0.2, 0) is 0 Å². The zero-order valence-corrected chi connectivity index (χ0v) is 17.7. The van der Waals surface area contributed by atoms with Crippen molar-refractivity contribution in [2.75, 3.05) is 11.9 Å². The molecule has 3 unspecified atom stereocenters. The number of amides is 1. The van der Waals surface area contributed by atoms with Crippen molar-refractivity contribution in [3.63, 3.8) is 0 Å². The fourth-order valence-corrected chi connectivity index (χ4v) is 4.86. The van der Waals surface area contributed by atoms with E-state index in [1.165, 1.54) is 0 Å². The van der Waals surface area contributed by atoms with Crippen molar-refractivity contribution in [3.05, 3.63) is 69.2 Å². The van der Waals surface area contributed by atoms with E-state index in [0.29, 0.717) is 22.7 Å². The fourth-order valence-electron chi connectivity index (χ4n) is 4.35. The number of phenols is 1. The van der Waals surface area contributed by atoms with Crippen molar-refractivity contribution < 1.29 is 9.90 Å². The van der Waals surface area contributed by atoms with E-state index in [1.54, 1.807) is 12.1 Å². The molecule has 0 bridgehead atoms. The lowest BCUT2D eigenvalue weighted by molar-refractivity contribution is 0.0953. The van der Waals surface area contributed by atoms with Crippen LogP contribution in [0.2, 0.25) is 10.0 Å². The number of rotatable bonds is 5. The van der Waals surface area contributed by atoms with E-state index in [-0.39, 0.29) is 34.6 Å². The van der Waals surface area contributed by atoms with Crippen LogP contribution in [0.1, 0.15) is 59.6 Å². The van der Waals surface area contributed by atoms with E-state index >= 15 is 0 Å².